The molecule has 0 saturated carbocycles. The van der Waals surface area contributed by atoms with Crippen molar-refractivity contribution in [2.45, 2.75) is 51.1 Å². The van der Waals surface area contributed by atoms with Gasteiger partial charge in [0.1, 0.15) is 8.07 Å². The van der Waals surface area contributed by atoms with Gasteiger partial charge >= 0.3 is 6.29 Å². The molecule has 0 unspecified atom stereocenters. The zero-order valence-electron chi connectivity index (χ0n) is 15.0. The van der Waals surface area contributed by atoms with E-state index < -0.39 is 8.07 Å². The molecule has 0 aliphatic carbocycles. The summed E-state index contributed by atoms with van der Waals surface area (Å²) in [6.07, 6.45) is 4.19. The summed E-state index contributed by atoms with van der Waals surface area (Å²) in [5, 5.41) is 13.3. The van der Waals surface area contributed by atoms with Crippen molar-refractivity contribution in [3.8, 4) is 0 Å². The summed E-state index contributed by atoms with van der Waals surface area (Å²) in [5.74, 6) is 0. The van der Waals surface area contributed by atoms with Gasteiger partial charge in [-0.05, 0) is 17.5 Å². The second-order valence-electron chi connectivity index (χ2n) is 7.40. The van der Waals surface area contributed by atoms with Crippen LogP contribution in [0, 0.1) is 0 Å². The Morgan fingerprint density at radius 1 is 0.875 bits per heavy atom. The van der Waals surface area contributed by atoms with Crippen molar-refractivity contribution in [2.24, 2.45) is 0 Å². The van der Waals surface area contributed by atoms with Crippen LogP contribution in [0.25, 0.3) is 0 Å². The van der Waals surface area contributed by atoms with Crippen LogP contribution < -0.4 is 15.6 Å². The number of hydrogen-bond acceptors (Lipinski definition) is 1. The first kappa shape index (κ1) is 18.5. The molecule has 0 aliphatic heterocycles. The normalized spacial score (nSPS) is 12.6. The van der Waals surface area contributed by atoms with E-state index in [4.69, 9.17) is 0 Å². The van der Waals surface area contributed by atoms with Gasteiger partial charge in [0.2, 0.25) is 0 Å². The molecule has 0 N–H and O–H groups in total. The lowest BCUT2D eigenvalue weighted by molar-refractivity contribution is -1.04. The molecule has 2 rings (SSSR count). The molecule has 0 saturated heterocycles. The minimum Gasteiger partial charge on any atom is -0.463 e. The van der Waals surface area contributed by atoms with Crippen molar-refractivity contribution < 1.29 is 9.83 Å². The van der Waals surface area contributed by atoms with Gasteiger partial charge in [0, 0.05) is 0 Å². The number of benzene rings is 2. The predicted molar refractivity (Wildman–Crippen MR) is 102 cm³/mol. The highest BCUT2D eigenvalue weighted by Gasteiger charge is 2.46. The van der Waals surface area contributed by atoms with E-state index in [2.05, 4.69) is 86.0 Å². The average Bonchev–Trinajstić information content (AvgIpc) is 2.59. The van der Waals surface area contributed by atoms with E-state index in [1.165, 1.54) is 22.7 Å². The maximum absolute atomic E-state index is 10.1. The first-order valence-electron chi connectivity index (χ1n) is 8.74. The Bertz CT molecular complexity index is 590. The first-order valence-corrected chi connectivity index (χ1v) is 10.9. The second kappa shape index (κ2) is 8.29. The van der Waals surface area contributed by atoms with Crippen LogP contribution in [0.4, 0.5) is 0 Å². The van der Waals surface area contributed by atoms with E-state index in [-0.39, 0.29) is 5.04 Å². The number of carbonyl (C=O) groups excluding carboxylic acids is 1. The molecule has 2 nitrogen and oxygen atoms in total. The molecule has 0 heterocycles. The fourth-order valence-electron chi connectivity index (χ4n) is 3.81. The molecular formula is C21H28O2Si. The monoisotopic (exact) mass is 340 g/mol. The van der Waals surface area contributed by atoms with Crippen molar-refractivity contribution in [1.82, 2.24) is 0 Å². The average molecular weight is 341 g/mol. The maximum Gasteiger partial charge on any atom is 0.318 e. The Morgan fingerprint density at radius 2 is 1.38 bits per heavy atom. The number of unbranched alkanes of at least 4 members (excludes halogenated alkanes) is 2. The Hall–Kier alpha value is -1.87. The van der Waals surface area contributed by atoms with Gasteiger partial charge in [-0.15, -0.1) is 0 Å². The first-order chi connectivity index (χ1) is 11.5. The molecule has 24 heavy (non-hydrogen) atoms. The number of hydrogen-bond donors (Lipinski definition) is 0. The van der Waals surface area contributed by atoms with Gasteiger partial charge < -0.3 is 5.26 Å². The van der Waals surface area contributed by atoms with Gasteiger partial charge in [0.25, 0.3) is 0 Å². The van der Waals surface area contributed by atoms with E-state index >= 15 is 0 Å². The summed E-state index contributed by atoms with van der Waals surface area (Å²) < 4.78 is 3.85. The Kier molecular flexibility index (Phi) is 6.38. The highest BCUT2D eigenvalue weighted by molar-refractivity contribution is 7.04. The second-order valence-corrected chi connectivity index (χ2v) is 12.4. The van der Waals surface area contributed by atoms with E-state index in [1.807, 2.05) is 0 Å². The van der Waals surface area contributed by atoms with Crippen LogP contribution >= 0.6 is 0 Å². The van der Waals surface area contributed by atoms with Crippen molar-refractivity contribution in [1.29, 1.82) is 0 Å². The molecule has 0 amide bonds. The highest BCUT2D eigenvalue weighted by Crippen LogP contribution is 2.39. The molecule has 0 spiro atoms. The standard InChI is InChI=1S/C21H28O2Si/c1-21(2,3)24(18-12-6-11-17-23-22,19-13-7-4-8-14-19)20-15-9-5-10-16-20/h4-5,7-10,13-17H,6,11-12,18H2,1-3H3. The minimum atomic E-state index is -1.94. The third-order valence-electron chi connectivity index (χ3n) is 5.01. The molecule has 0 fully saturated rings. The zero-order chi connectivity index (χ0) is 17.5. The van der Waals surface area contributed by atoms with E-state index in [0.29, 0.717) is 0 Å². The van der Waals surface area contributed by atoms with Gasteiger partial charge in [-0.1, -0.05) is 98.2 Å². The largest absolute Gasteiger partial charge is 0.463 e. The summed E-state index contributed by atoms with van der Waals surface area (Å²) >= 11 is 0. The third kappa shape index (κ3) is 3.96. The van der Waals surface area contributed by atoms with Crippen molar-refractivity contribution in [2.75, 3.05) is 0 Å². The Labute approximate surface area is 146 Å². The summed E-state index contributed by atoms with van der Waals surface area (Å²) in [4.78, 5) is 0. The number of aldehydes is 1. The molecule has 0 atom stereocenters. The van der Waals surface area contributed by atoms with Crippen molar-refractivity contribution in [3.63, 3.8) is 0 Å². The lowest BCUT2D eigenvalue weighted by Gasteiger charge is -2.44. The van der Waals surface area contributed by atoms with Crippen LogP contribution in [0.2, 0.25) is 11.1 Å². The van der Waals surface area contributed by atoms with Crippen LogP contribution in [-0.4, -0.2) is 14.4 Å². The third-order valence-corrected chi connectivity index (χ3v) is 11.3. The van der Waals surface area contributed by atoms with Crippen LogP contribution in [-0.2, 0) is 4.58 Å². The van der Waals surface area contributed by atoms with Crippen LogP contribution in [0.5, 0.6) is 0 Å². The van der Waals surface area contributed by atoms with Gasteiger partial charge in [-0.25, -0.2) is 0 Å². The lowest BCUT2D eigenvalue weighted by atomic mass is 10.2. The lowest BCUT2D eigenvalue weighted by Crippen LogP contribution is -2.64. The molecule has 0 aromatic heterocycles. The minimum absolute atomic E-state index is 0.203. The van der Waals surface area contributed by atoms with Gasteiger partial charge in [-0.2, -0.15) is 4.58 Å². The molecule has 0 aliphatic rings. The topological polar surface area (TPSA) is 34.4 Å². The van der Waals surface area contributed by atoms with Crippen LogP contribution in [0.15, 0.2) is 60.7 Å². The van der Waals surface area contributed by atoms with Crippen LogP contribution in [0.3, 0.4) is 0 Å². The van der Waals surface area contributed by atoms with Gasteiger partial charge in [-0.3, -0.25) is 0 Å². The van der Waals surface area contributed by atoms with Gasteiger partial charge in [0.15, 0.2) is 0 Å². The molecule has 2 aromatic carbocycles. The Morgan fingerprint density at radius 3 is 1.79 bits per heavy atom. The maximum atomic E-state index is 10.1. The number of rotatable bonds is 7. The molecule has 0 bridgehead atoms. The molecule has 2 aromatic rings. The predicted octanol–water partition coefficient (Wildman–Crippen LogP) is 3.23. The quantitative estimate of drug-likeness (QED) is 0.190. The smallest absolute Gasteiger partial charge is 0.318 e. The summed E-state index contributed by atoms with van der Waals surface area (Å²) in [6.45, 7) is 7.14. The summed E-state index contributed by atoms with van der Waals surface area (Å²) in [5.41, 5.74) is 0. The Balaban J connectivity index is 2.45. The SMILES string of the molecule is CC(C)(C)[Si](CCCCC=[O+][O-])(c1ccccc1)c1ccccc1. The van der Waals surface area contributed by atoms with E-state index in [0.717, 1.165) is 19.3 Å². The summed E-state index contributed by atoms with van der Waals surface area (Å²) in [7, 11) is -1.94. The molecular weight excluding hydrogens is 312 g/mol. The van der Waals surface area contributed by atoms with Crippen molar-refractivity contribution >= 4 is 24.7 Å². The van der Waals surface area contributed by atoms with Crippen LogP contribution in [0.1, 0.15) is 40.0 Å². The van der Waals surface area contributed by atoms with Crippen molar-refractivity contribution in [3.05, 3.63) is 60.7 Å². The summed E-state index contributed by atoms with van der Waals surface area (Å²) in [6, 6.07) is 23.2. The van der Waals surface area contributed by atoms with E-state index in [9.17, 15) is 5.26 Å². The highest BCUT2D eigenvalue weighted by atomic mass is 28.3. The fraction of sp³-hybridized carbons (Fsp3) is 0.381. The molecule has 128 valence electrons. The zero-order valence-corrected chi connectivity index (χ0v) is 16.0. The molecule has 3 heteroatoms. The van der Waals surface area contributed by atoms with Gasteiger partial charge in [0.05, 0.1) is 6.42 Å². The van der Waals surface area contributed by atoms with E-state index in [1.54, 1.807) is 0 Å². The molecule has 0 radical (unpaired) electrons. The fourth-order valence-corrected chi connectivity index (χ4v) is 9.50.